The number of hydrogen-bond donors (Lipinski definition) is 2. The second kappa shape index (κ2) is 3.58. The Morgan fingerprint density at radius 1 is 1.22 bits per heavy atom. The quantitative estimate of drug-likeness (QED) is 0.734. The molecule has 2 heterocycles. The van der Waals surface area contributed by atoms with Crippen LogP contribution in [-0.2, 0) is 5.54 Å². The fraction of sp³-hybridized carbons (Fsp3) is 0.625. The van der Waals surface area contributed by atoms with Crippen molar-refractivity contribution in [2.24, 2.45) is 11.8 Å². The molecule has 2 bridgehead atoms. The monoisotopic (exact) mass is 243 g/mol. The minimum Gasteiger partial charge on any atom is -0.387 e. The normalized spacial score (nSPS) is 45.4. The Labute approximate surface area is 108 Å². The van der Waals surface area contributed by atoms with E-state index >= 15 is 0 Å². The number of aliphatic hydroxyl groups is 1. The highest BCUT2D eigenvalue weighted by Crippen LogP contribution is 2.55. The van der Waals surface area contributed by atoms with Gasteiger partial charge in [0.1, 0.15) is 0 Å². The minimum absolute atomic E-state index is 0.0889. The average Bonchev–Trinajstić information content (AvgIpc) is 2.70. The molecule has 0 aromatic heterocycles. The molecule has 0 amide bonds. The Morgan fingerprint density at radius 2 is 2.00 bits per heavy atom. The highest BCUT2D eigenvalue weighted by atomic mass is 16.3. The van der Waals surface area contributed by atoms with Gasteiger partial charge in [0.05, 0.1) is 6.10 Å². The maximum Gasteiger partial charge on any atom is 0.0949 e. The van der Waals surface area contributed by atoms with Gasteiger partial charge in [-0.3, -0.25) is 0 Å². The zero-order valence-electron chi connectivity index (χ0n) is 10.9. The van der Waals surface area contributed by atoms with Crippen LogP contribution in [0.3, 0.4) is 0 Å². The van der Waals surface area contributed by atoms with Crippen LogP contribution in [-0.4, -0.2) is 11.1 Å². The van der Waals surface area contributed by atoms with Crippen LogP contribution in [0.2, 0.25) is 0 Å². The van der Waals surface area contributed by atoms with Crippen LogP contribution in [0, 0.1) is 11.8 Å². The smallest absolute Gasteiger partial charge is 0.0949 e. The molecule has 1 aromatic rings. The van der Waals surface area contributed by atoms with Crippen molar-refractivity contribution in [2.45, 2.75) is 50.3 Å². The van der Waals surface area contributed by atoms with Gasteiger partial charge in [-0.2, -0.15) is 0 Å². The molecule has 1 saturated carbocycles. The summed E-state index contributed by atoms with van der Waals surface area (Å²) in [6.45, 7) is 2.35. The third kappa shape index (κ3) is 1.20. The highest BCUT2D eigenvalue weighted by molar-refractivity contribution is 5.42. The summed E-state index contributed by atoms with van der Waals surface area (Å²) < 4.78 is 0. The van der Waals surface area contributed by atoms with Gasteiger partial charge in [0.2, 0.25) is 0 Å². The first-order valence-electron chi connectivity index (χ1n) is 7.27. The van der Waals surface area contributed by atoms with Gasteiger partial charge >= 0.3 is 0 Å². The van der Waals surface area contributed by atoms with Crippen LogP contribution in [0.4, 0.5) is 0 Å². The Balaban J connectivity index is 1.90. The molecule has 0 spiro atoms. The number of aliphatic hydroxyl groups excluding tert-OH is 1. The van der Waals surface area contributed by atoms with Crippen molar-refractivity contribution in [1.82, 2.24) is 5.32 Å². The molecule has 2 aliphatic heterocycles. The van der Waals surface area contributed by atoms with E-state index in [2.05, 4.69) is 36.5 Å². The Kier molecular flexibility index (Phi) is 2.19. The lowest BCUT2D eigenvalue weighted by molar-refractivity contribution is 0.0966. The summed E-state index contributed by atoms with van der Waals surface area (Å²) in [7, 11) is 0. The van der Waals surface area contributed by atoms with Crippen molar-refractivity contribution < 1.29 is 5.11 Å². The van der Waals surface area contributed by atoms with Gasteiger partial charge < -0.3 is 10.4 Å². The molecule has 96 valence electrons. The van der Waals surface area contributed by atoms with E-state index in [0.29, 0.717) is 11.8 Å². The largest absolute Gasteiger partial charge is 0.387 e. The van der Waals surface area contributed by atoms with Crippen molar-refractivity contribution in [3.63, 3.8) is 0 Å². The predicted molar refractivity (Wildman–Crippen MR) is 71.1 cm³/mol. The number of benzene rings is 1. The lowest BCUT2D eigenvalue weighted by atomic mass is 9.70. The first-order chi connectivity index (χ1) is 8.72. The van der Waals surface area contributed by atoms with Gasteiger partial charge in [-0.25, -0.2) is 0 Å². The summed E-state index contributed by atoms with van der Waals surface area (Å²) in [5, 5.41) is 14.4. The molecule has 18 heavy (non-hydrogen) atoms. The third-order valence-electron chi connectivity index (χ3n) is 5.67. The SMILES string of the molecule is C[C@@]12N[C@@H]([C@@H]3CCCC[C@@H]31)[C@H](O)c1ccccc12. The molecule has 1 aromatic carbocycles. The van der Waals surface area contributed by atoms with Gasteiger partial charge in [0.25, 0.3) is 0 Å². The average molecular weight is 243 g/mol. The Bertz CT molecular complexity index is 486. The van der Waals surface area contributed by atoms with Crippen molar-refractivity contribution in [3.05, 3.63) is 35.4 Å². The lowest BCUT2D eigenvalue weighted by Gasteiger charge is -2.39. The van der Waals surface area contributed by atoms with Crippen LogP contribution in [0.1, 0.15) is 49.8 Å². The molecule has 3 aliphatic rings. The van der Waals surface area contributed by atoms with Crippen molar-refractivity contribution >= 4 is 0 Å². The van der Waals surface area contributed by atoms with Gasteiger partial charge in [-0.15, -0.1) is 0 Å². The van der Waals surface area contributed by atoms with E-state index in [1.165, 1.54) is 31.2 Å². The lowest BCUT2D eigenvalue weighted by Crippen LogP contribution is -2.48. The number of rotatable bonds is 0. The maximum atomic E-state index is 10.6. The van der Waals surface area contributed by atoms with Crippen LogP contribution < -0.4 is 5.32 Å². The molecule has 4 rings (SSSR count). The van der Waals surface area contributed by atoms with Crippen LogP contribution in [0.25, 0.3) is 0 Å². The number of nitrogens with one attached hydrogen (secondary N) is 1. The second-order valence-corrected chi connectivity index (χ2v) is 6.46. The molecule has 5 atom stereocenters. The highest BCUT2D eigenvalue weighted by Gasteiger charge is 2.57. The minimum atomic E-state index is -0.317. The van der Waals surface area contributed by atoms with Gasteiger partial charge in [0.15, 0.2) is 0 Å². The second-order valence-electron chi connectivity index (χ2n) is 6.46. The summed E-state index contributed by atoms with van der Waals surface area (Å²) in [6, 6.07) is 8.76. The summed E-state index contributed by atoms with van der Waals surface area (Å²) in [6.07, 6.45) is 4.96. The molecule has 2 fully saturated rings. The summed E-state index contributed by atoms with van der Waals surface area (Å²) in [4.78, 5) is 0. The molecule has 0 unspecified atom stereocenters. The molecule has 2 nitrogen and oxygen atoms in total. The Morgan fingerprint density at radius 3 is 2.89 bits per heavy atom. The van der Waals surface area contributed by atoms with E-state index in [9.17, 15) is 5.11 Å². The summed E-state index contributed by atoms with van der Waals surface area (Å²) in [5.74, 6) is 1.36. The first-order valence-corrected chi connectivity index (χ1v) is 7.27. The molecule has 1 aliphatic carbocycles. The molecular formula is C16H21NO. The van der Waals surface area contributed by atoms with Crippen molar-refractivity contribution in [2.75, 3.05) is 0 Å². The van der Waals surface area contributed by atoms with E-state index in [1.807, 2.05) is 0 Å². The van der Waals surface area contributed by atoms with Crippen molar-refractivity contribution in [1.29, 1.82) is 0 Å². The standard InChI is InChI=1S/C16H21NO/c1-16-12-8-4-2-6-10(12)14(17-16)15(18)11-7-3-5-9-13(11)16/h3,5,7,9-10,12,14-15,17-18H,2,4,6,8H2,1H3/t10-,12+,14+,15-,16-/m1/s1. The van der Waals surface area contributed by atoms with E-state index in [-0.39, 0.29) is 17.7 Å². The Hall–Kier alpha value is -0.860. The topological polar surface area (TPSA) is 32.3 Å². The zero-order chi connectivity index (χ0) is 12.3. The van der Waals surface area contributed by atoms with Gasteiger partial charge in [0, 0.05) is 11.6 Å². The third-order valence-corrected chi connectivity index (χ3v) is 5.67. The van der Waals surface area contributed by atoms with Gasteiger partial charge in [-0.05, 0) is 42.7 Å². The van der Waals surface area contributed by atoms with Crippen LogP contribution >= 0.6 is 0 Å². The van der Waals surface area contributed by atoms with Gasteiger partial charge in [-0.1, -0.05) is 37.1 Å². The molecular weight excluding hydrogens is 222 g/mol. The van der Waals surface area contributed by atoms with E-state index in [4.69, 9.17) is 0 Å². The molecule has 2 N–H and O–H groups in total. The number of hydrogen-bond acceptors (Lipinski definition) is 2. The van der Waals surface area contributed by atoms with Crippen molar-refractivity contribution in [3.8, 4) is 0 Å². The summed E-state index contributed by atoms with van der Waals surface area (Å²) >= 11 is 0. The summed E-state index contributed by atoms with van der Waals surface area (Å²) in [5.41, 5.74) is 2.59. The fourth-order valence-corrected chi connectivity index (χ4v) is 4.88. The first kappa shape index (κ1) is 11.0. The molecule has 2 heteroatoms. The fourth-order valence-electron chi connectivity index (χ4n) is 4.88. The predicted octanol–water partition coefficient (Wildman–Crippen LogP) is 2.73. The van der Waals surface area contributed by atoms with Crippen LogP contribution in [0.15, 0.2) is 24.3 Å². The molecule has 1 saturated heterocycles. The zero-order valence-corrected chi connectivity index (χ0v) is 10.9. The molecule has 0 radical (unpaired) electrons. The van der Waals surface area contributed by atoms with Crippen LogP contribution in [0.5, 0.6) is 0 Å². The van der Waals surface area contributed by atoms with E-state index < -0.39 is 0 Å². The maximum absolute atomic E-state index is 10.6. The van der Waals surface area contributed by atoms with E-state index in [1.54, 1.807) is 0 Å². The van der Waals surface area contributed by atoms with E-state index in [0.717, 1.165) is 5.56 Å². The number of fused-ring (bicyclic) bond motifs is 7.